The molecule has 1 aliphatic heterocycles. The van der Waals surface area contributed by atoms with E-state index in [1.54, 1.807) is 6.07 Å². The van der Waals surface area contributed by atoms with Crippen molar-refractivity contribution < 1.29 is 4.39 Å². The summed E-state index contributed by atoms with van der Waals surface area (Å²) in [6, 6.07) is 6.92. The summed E-state index contributed by atoms with van der Waals surface area (Å²) in [6.45, 7) is 3.86. The Hall–Kier alpha value is -1.35. The Morgan fingerprint density at radius 1 is 1.38 bits per heavy atom. The first-order chi connectivity index (χ1) is 7.81. The molecule has 1 aliphatic rings. The number of benzene rings is 1. The summed E-state index contributed by atoms with van der Waals surface area (Å²) < 4.78 is 13.5. The van der Waals surface area contributed by atoms with E-state index in [0.717, 1.165) is 18.5 Å². The predicted molar refractivity (Wildman–Crippen MR) is 64.0 cm³/mol. The van der Waals surface area contributed by atoms with Crippen molar-refractivity contribution in [3.8, 4) is 0 Å². The monoisotopic (exact) mass is 220 g/mol. The van der Waals surface area contributed by atoms with Gasteiger partial charge in [0.1, 0.15) is 5.82 Å². The average molecular weight is 220 g/mol. The summed E-state index contributed by atoms with van der Waals surface area (Å²) in [7, 11) is 0. The van der Waals surface area contributed by atoms with Crippen LogP contribution in [0, 0.1) is 5.82 Å². The Bertz CT molecular complexity index is 387. The molecule has 0 fully saturated rings. The van der Waals surface area contributed by atoms with Gasteiger partial charge < -0.3 is 5.01 Å². The van der Waals surface area contributed by atoms with Gasteiger partial charge in [0.05, 0.1) is 0 Å². The highest BCUT2D eigenvalue weighted by Gasteiger charge is 2.14. The summed E-state index contributed by atoms with van der Waals surface area (Å²) in [6.07, 6.45) is 4.32. The minimum Gasteiger partial charge on any atom is -0.315 e. The minimum atomic E-state index is -0.145. The molecule has 1 heterocycles. The molecule has 0 saturated carbocycles. The number of unbranched alkanes of at least 4 members (excludes halogenated alkanes) is 1. The van der Waals surface area contributed by atoms with E-state index in [-0.39, 0.29) is 5.82 Å². The zero-order chi connectivity index (χ0) is 11.4. The zero-order valence-corrected chi connectivity index (χ0v) is 9.54. The Balaban J connectivity index is 2.09. The van der Waals surface area contributed by atoms with Gasteiger partial charge in [0.15, 0.2) is 0 Å². The lowest BCUT2D eigenvalue weighted by Gasteiger charge is -2.14. The maximum absolute atomic E-state index is 13.5. The minimum absolute atomic E-state index is 0.145. The van der Waals surface area contributed by atoms with Crippen molar-refractivity contribution in [1.82, 2.24) is 10.4 Å². The Morgan fingerprint density at radius 2 is 2.19 bits per heavy atom. The third-order valence-electron chi connectivity index (χ3n) is 2.76. The highest BCUT2D eigenvalue weighted by atomic mass is 19.1. The molecule has 16 heavy (non-hydrogen) atoms. The molecule has 0 radical (unpaired) electrons. The molecule has 0 unspecified atom stereocenters. The number of hydrogen-bond acceptors (Lipinski definition) is 2. The van der Waals surface area contributed by atoms with Crippen LogP contribution >= 0.6 is 0 Å². The van der Waals surface area contributed by atoms with Gasteiger partial charge in [0, 0.05) is 24.9 Å². The molecule has 2 rings (SSSR count). The molecule has 0 saturated heterocycles. The largest absolute Gasteiger partial charge is 0.315 e. The van der Waals surface area contributed by atoms with Gasteiger partial charge in [-0.25, -0.2) is 9.82 Å². The van der Waals surface area contributed by atoms with Crippen LogP contribution in [0.5, 0.6) is 0 Å². The number of nitrogens with one attached hydrogen (secondary N) is 1. The summed E-state index contributed by atoms with van der Waals surface area (Å²) in [5, 5.41) is 2.05. The van der Waals surface area contributed by atoms with Gasteiger partial charge in [-0.05, 0) is 18.1 Å². The molecule has 3 heteroatoms. The smallest absolute Gasteiger partial charge is 0.130 e. The highest BCUT2D eigenvalue weighted by Crippen LogP contribution is 2.21. The molecule has 0 aromatic heterocycles. The molecule has 0 spiro atoms. The Kier molecular flexibility index (Phi) is 3.57. The van der Waals surface area contributed by atoms with Gasteiger partial charge in [-0.1, -0.05) is 31.5 Å². The topological polar surface area (TPSA) is 15.3 Å². The van der Waals surface area contributed by atoms with E-state index in [1.807, 2.05) is 23.3 Å². The van der Waals surface area contributed by atoms with E-state index in [1.165, 1.54) is 12.5 Å². The fourth-order valence-electron chi connectivity index (χ4n) is 1.82. The van der Waals surface area contributed by atoms with E-state index in [0.29, 0.717) is 12.1 Å². The van der Waals surface area contributed by atoms with Crippen molar-refractivity contribution >= 4 is 5.57 Å². The molecule has 0 aliphatic carbocycles. The van der Waals surface area contributed by atoms with Crippen LogP contribution in [-0.2, 0) is 0 Å². The number of halogens is 1. The lowest BCUT2D eigenvalue weighted by Crippen LogP contribution is -2.29. The second kappa shape index (κ2) is 5.12. The lowest BCUT2D eigenvalue weighted by atomic mass is 10.1. The van der Waals surface area contributed by atoms with Crippen molar-refractivity contribution in [1.29, 1.82) is 0 Å². The van der Waals surface area contributed by atoms with Gasteiger partial charge in [0.2, 0.25) is 0 Å². The van der Waals surface area contributed by atoms with E-state index in [2.05, 4.69) is 12.3 Å². The van der Waals surface area contributed by atoms with Crippen molar-refractivity contribution in [2.45, 2.75) is 19.8 Å². The standard InChI is InChI=1S/C13H17FN2/c1-2-3-8-16-10-11(9-15-16)12-6-4-5-7-13(12)14/h4-7,10,15H,2-3,8-9H2,1H3. The second-order valence-electron chi connectivity index (χ2n) is 4.02. The van der Waals surface area contributed by atoms with Gasteiger partial charge >= 0.3 is 0 Å². The molecule has 1 aromatic carbocycles. The maximum Gasteiger partial charge on any atom is 0.130 e. The van der Waals surface area contributed by atoms with Crippen LogP contribution in [0.3, 0.4) is 0 Å². The third-order valence-corrected chi connectivity index (χ3v) is 2.76. The first kappa shape index (κ1) is 11.1. The summed E-state index contributed by atoms with van der Waals surface area (Å²) in [4.78, 5) is 0. The summed E-state index contributed by atoms with van der Waals surface area (Å²) in [5.41, 5.74) is 4.97. The van der Waals surface area contributed by atoms with E-state index in [9.17, 15) is 4.39 Å². The predicted octanol–water partition coefficient (Wildman–Crippen LogP) is 2.79. The molecule has 0 bridgehead atoms. The Labute approximate surface area is 95.7 Å². The average Bonchev–Trinajstić information content (AvgIpc) is 2.75. The van der Waals surface area contributed by atoms with Crippen molar-refractivity contribution in [3.63, 3.8) is 0 Å². The first-order valence-corrected chi connectivity index (χ1v) is 5.77. The van der Waals surface area contributed by atoms with Crippen molar-refractivity contribution in [2.24, 2.45) is 0 Å². The quantitative estimate of drug-likeness (QED) is 0.839. The molecular formula is C13H17FN2. The number of hydrogen-bond donors (Lipinski definition) is 1. The van der Waals surface area contributed by atoms with Crippen LogP contribution < -0.4 is 5.43 Å². The number of hydrazine groups is 1. The van der Waals surface area contributed by atoms with Crippen molar-refractivity contribution in [3.05, 3.63) is 41.8 Å². The SMILES string of the molecule is CCCCN1C=C(c2ccccc2F)CN1. The first-order valence-electron chi connectivity index (χ1n) is 5.77. The summed E-state index contributed by atoms with van der Waals surface area (Å²) in [5.74, 6) is -0.145. The van der Waals surface area contributed by atoms with E-state index in [4.69, 9.17) is 0 Å². The van der Waals surface area contributed by atoms with E-state index < -0.39 is 0 Å². The molecule has 0 atom stereocenters. The summed E-state index contributed by atoms with van der Waals surface area (Å²) >= 11 is 0. The zero-order valence-electron chi connectivity index (χ0n) is 9.54. The van der Waals surface area contributed by atoms with Crippen LogP contribution in [-0.4, -0.2) is 18.1 Å². The normalized spacial score (nSPS) is 15.4. The van der Waals surface area contributed by atoms with Gasteiger partial charge in [-0.15, -0.1) is 0 Å². The van der Waals surface area contributed by atoms with Crippen LogP contribution in [0.1, 0.15) is 25.3 Å². The lowest BCUT2D eigenvalue weighted by molar-refractivity contribution is 0.301. The fourth-order valence-corrected chi connectivity index (χ4v) is 1.82. The maximum atomic E-state index is 13.5. The van der Waals surface area contributed by atoms with Crippen molar-refractivity contribution in [2.75, 3.05) is 13.1 Å². The molecule has 1 N–H and O–H groups in total. The molecular weight excluding hydrogens is 203 g/mol. The highest BCUT2D eigenvalue weighted by molar-refractivity contribution is 5.68. The van der Waals surface area contributed by atoms with Crippen LogP contribution in [0.4, 0.5) is 4.39 Å². The molecule has 2 nitrogen and oxygen atoms in total. The molecule has 86 valence electrons. The van der Waals surface area contributed by atoms with Crippen LogP contribution in [0.2, 0.25) is 0 Å². The fraction of sp³-hybridized carbons (Fsp3) is 0.385. The van der Waals surface area contributed by atoms with Crippen LogP contribution in [0.15, 0.2) is 30.5 Å². The number of nitrogens with zero attached hydrogens (tertiary/aromatic N) is 1. The molecule has 1 aromatic rings. The van der Waals surface area contributed by atoms with Gasteiger partial charge in [-0.2, -0.15) is 0 Å². The number of rotatable bonds is 4. The third kappa shape index (κ3) is 2.42. The van der Waals surface area contributed by atoms with E-state index >= 15 is 0 Å². The second-order valence-corrected chi connectivity index (χ2v) is 4.02. The van der Waals surface area contributed by atoms with Gasteiger partial charge in [0.25, 0.3) is 0 Å². The van der Waals surface area contributed by atoms with Gasteiger partial charge in [-0.3, -0.25) is 0 Å². The molecule has 0 amide bonds. The Morgan fingerprint density at radius 3 is 2.94 bits per heavy atom. The van der Waals surface area contributed by atoms with Crippen LogP contribution in [0.25, 0.3) is 5.57 Å².